The number of ether oxygens (including phenoxy) is 1. The number of benzene rings is 1. The Morgan fingerprint density at radius 1 is 1.39 bits per heavy atom. The third kappa shape index (κ3) is 5.55. The molecule has 1 amide bonds. The first kappa shape index (κ1) is 14.3. The van der Waals surface area contributed by atoms with E-state index in [0.29, 0.717) is 0 Å². The van der Waals surface area contributed by atoms with Gasteiger partial charge in [0.15, 0.2) is 11.6 Å². The van der Waals surface area contributed by atoms with Gasteiger partial charge in [-0.05, 0) is 12.1 Å². The first-order valence-electron chi connectivity index (χ1n) is 5.39. The summed E-state index contributed by atoms with van der Waals surface area (Å²) in [5, 5.41) is 2.57. The van der Waals surface area contributed by atoms with Gasteiger partial charge in [-0.1, -0.05) is 24.0 Å². The lowest BCUT2D eigenvalue weighted by Gasteiger charge is -2.02. The van der Waals surface area contributed by atoms with Crippen molar-refractivity contribution in [1.29, 1.82) is 0 Å². The summed E-state index contributed by atoms with van der Waals surface area (Å²) in [5.41, 5.74) is 0. The van der Waals surface area contributed by atoms with Crippen molar-refractivity contribution >= 4 is 17.5 Å². The van der Waals surface area contributed by atoms with E-state index in [2.05, 4.69) is 17.2 Å². The third-order valence-electron chi connectivity index (χ3n) is 1.96. The lowest BCUT2D eigenvalue weighted by atomic mass is 10.3. The minimum absolute atomic E-state index is 0.0757. The predicted molar refractivity (Wildman–Crippen MR) is 68.0 cm³/mol. The topological polar surface area (TPSA) is 38.3 Å². The van der Waals surface area contributed by atoms with Crippen molar-refractivity contribution in [3.63, 3.8) is 0 Å². The molecule has 0 bridgehead atoms. The quantitative estimate of drug-likeness (QED) is 0.655. The van der Waals surface area contributed by atoms with Gasteiger partial charge >= 0.3 is 0 Å². The lowest BCUT2D eigenvalue weighted by Crippen LogP contribution is -2.23. The van der Waals surface area contributed by atoms with E-state index in [1.807, 2.05) is 0 Å². The number of amides is 1. The second kappa shape index (κ2) is 8.37. The zero-order chi connectivity index (χ0) is 13.2. The number of alkyl halides is 1. The van der Waals surface area contributed by atoms with E-state index in [1.165, 1.54) is 12.1 Å². The Balaban J connectivity index is 2.22. The van der Waals surface area contributed by atoms with Crippen LogP contribution in [0, 0.1) is 17.7 Å². The van der Waals surface area contributed by atoms with Crippen LogP contribution >= 0.6 is 11.6 Å². The van der Waals surface area contributed by atoms with Gasteiger partial charge in [-0.2, -0.15) is 0 Å². The molecule has 96 valence electrons. The van der Waals surface area contributed by atoms with Crippen molar-refractivity contribution in [2.75, 3.05) is 19.0 Å². The van der Waals surface area contributed by atoms with E-state index < -0.39 is 5.82 Å². The Labute approximate surface area is 110 Å². The molecule has 0 saturated heterocycles. The van der Waals surface area contributed by atoms with Crippen LogP contribution in [0.15, 0.2) is 24.3 Å². The highest BCUT2D eigenvalue weighted by atomic mass is 35.5. The normalized spacial score (nSPS) is 9.22. The molecule has 0 unspecified atom stereocenters. The molecule has 1 aromatic carbocycles. The smallest absolute Gasteiger partial charge is 0.221 e. The highest BCUT2D eigenvalue weighted by molar-refractivity contribution is 6.18. The molecular formula is C13H13ClFNO2. The van der Waals surface area contributed by atoms with Crippen LogP contribution in [0.4, 0.5) is 4.39 Å². The Bertz CT molecular complexity index is 454. The summed E-state index contributed by atoms with van der Waals surface area (Å²) in [7, 11) is 0. The number of para-hydroxylation sites is 1. The van der Waals surface area contributed by atoms with Crippen LogP contribution in [-0.2, 0) is 4.79 Å². The van der Waals surface area contributed by atoms with E-state index in [9.17, 15) is 9.18 Å². The van der Waals surface area contributed by atoms with Crippen LogP contribution in [0.25, 0.3) is 0 Å². The van der Waals surface area contributed by atoms with E-state index >= 15 is 0 Å². The molecule has 0 fully saturated rings. The van der Waals surface area contributed by atoms with Crippen LogP contribution in [0.1, 0.15) is 6.42 Å². The SMILES string of the molecule is O=C(CCCl)NCC#CCOc1ccccc1F. The monoisotopic (exact) mass is 269 g/mol. The number of rotatable bonds is 5. The Morgan fingerprint density at radius 3 is 2.89 bits per heavy atom. The predicted octanol–water partition coefficient (Wildman–Crippen LogP) is 1.95. The first-order valence-corrected chi connectivity index (χ1v) is 5.93. The fraction of sp³-hybridized carbons (Fsp3) is 0.308. The third-order valence-corrected chi connectivity index (χ3v) is 2.15. The minimum Gasteiger partial charge on any atom is -0.478 e. The average Bonchev–Trinajstić information content (AvgIpc) is 2.36. The zero-order valence-corrected chi connectivity index (χ0v) is 10.5. The highest BCUT2D eigenvalue weighted by Crippen LogP contribution is 2.14. The maximum Gasteiger partial charge on any atom is 0.221 e. The van der Waals surface area contributed by atoms with Crippen molar-refractivity contribution < 1.29 is 13.9 Å². The standard InChI is InChI=1S/C13H13ClFNO2/c14-8-7-13(17)16-9-3-4-10-18-12-6-2-1-5-11(12)15/h1-2,5-6H,7-10H2,(H,16,17). The molecule has 3 nitrogen and oxygen atoms in total. The van der Waals surface area contributed by atoms with Gasteiger partial charge in [0.1, 0.15) is 6.61 Å². The van der Waals surface area contributed by atoms with Crippen molar-refractivity contribution in [1.82, 2.24) is 5.32 Å². The molecule has 5 heteroatoms. The lowest BCUT2D eigenvalue weighted by molar-refractivity contribution is -0.120. The maximum atomic E-state index is 13.1. The van der Waals surface area contributed by atoms with Crippen LogP contribution in [0.2, 0.25) is 0 Å². The van der Waals surface area contributed by atoms with Gasteiger partial charge in [0.05, 0.1) is 6.54 Å². The molecule has 0 aliphatic heterocycles. The van der Waals surface area contributed by atoms with Crippen LogP contribution < -0.4 is 10.1 Å². The first-order chi connectivity index (χ1) is 8.74. The summed E-state index contributed by atoms with van der Waals surface area (Å²) in [6.45, 7) is 0.308. The van der Waals surface area contributed by atoms with Gasteiger partial charge in [0.2, 0.25) is 5.91 Å². The molecule has 0 aromatic heterocycles. The van der Waals surface area contributed by atoms with Crippen molar-refractivity contribution in [3.05, 3.63) is 30.1 Å². The molecule has 0 heterocycles. The minimum atomic E-state index is -0.422. The summed E-state index contributed by atoms with van der Waals surface area (Å²) in [4.78, 5) is 11.0. The average molecular weight is 270 g/mol. The van der Waals surface area contributed by atoms with Crippen molar-refractivity contribution in [2.45, 2.75) is 6.42 Å². The zero-order valence-electron chi connectivity index (χ0n) is 9.71. The van der Waals surface area contributed by atoms with E-state index in [-0.39, 0.29) is 37.1 Å². The molecular weight excluding hydrogens is 257 g/mol. The Kier molecular flexibility index (Phi) is 6.67. The largest absolute Gasteiger partial charge is 0.478 e. The molecule has 18 heavy (non-hydrogen) atoms. The van der Waals surface area contributed by atoms with Gasteiger partial charge in [0.25, 0.3) is 0 Å². The highest BCUT2D eigenvalue weighted by Gasteiger charge is 1.99. The van der Waals surface area contributed by atoms with Crippen molar-refractivity contribution in [3.8, 4) is 17.6 Å². The van der Waals surface area contributed by atoms with Crippen LogP contribution in [0.3, 0.4) is 0 Å². The summed E-state index contributed by atoms with van der Waals surface area (Å²) in [5.74, 6) is 5.25. The maximum absolute atomic E-state index is 13.1. The molecule has 1 aromatic rings. The molecule has 1 N–H and O–H groups in total. The molecule has 0 radical (unpaired) electrons. The molecule has 0 saturated carbocycles. The van der Waals surface area contributed by atoms with E-state index in [4.69, 9.17) is 16.3 Å². The number of nitrogens with one attached hydrogen (secondary N) is 1. The summed E-state index contributed by atoms with van der Waals surface area (Å²) in [6.07, 6.45) is 0.273. The van der Waals surface area contributed by atoms with Gasteiger partial charge in [0, 0.05) is 12.3 Å². The number of hydrogen-bond acceptors (Lipinski definition) is 2. The molecule has 0 spiro atoms. The van der Waals surface area contributed by atoms with Gasteiger partial charge in [-0.15, -0.1) is 11.6 Å². The fourth-order valence-electron chi connectivity index (χ4n) is 1.11. The molecule has 0 aliphatic carbocycles. The van der Waals surface area contributed by atoms with E-state index in [0.717, 1.165) is 0 Å². The number of carbonyl (C=O) groups excluding carboxylic acids is 1. The van der Waals surface area contributed by atoms with Gasteiger partial charge < -0.3 is 10.1 Å². The Hall–Kier alpha value is -1.73. The van der Waals surface area contributed by atoms with Gasteiger partial charge in [-0.25, -0.2) is 4.39 Å². The van der Waals surface area contributed by atoms with Crippen LogP contribution in [-0.4, -0.2) is 24.9 Å². The second-order valence-electron chi connectivity index (χ2n) is 3.29. The van der Waals surface area contributed by atoms with Crippen molar-refractivity contribution in [2.24, 2.45) is 0 Å². The number of hydrogen-bond donors (Lipinski definition) is 1. The summed E-state index contributed by atoms with van der Waals surface area (Å²) in [6, 6.07) is 6.10. The Morgan fingerprint density at radius 2 is 2.17 bits per heavy atom. The number of halogens is 2. The second-order valence-corrected chi connectivity index (χ2v) is 3.67. The summed E-state index contributed by atoms with van der Waals surface area (Å²) < 4.78 is 18.2. The number of carbonyl (C=O) groups is 1. The molecule has 0 atom stereocenters. The van der Waals surface area contributed by atoms with Gasteiger partial charge in [-0.3, -0.25) is 4.79 Å². The molecule has 0 aliphatic rings. The van der Waals surface area contributed by atoms with Crippen LogP contribution in [0.5, 0.6) is 5.75 Å². The van der Waals surface area contributed by atoms with E-state index in [1.54, 1.807) is 12.1 Å². The fourth-order valence-corrected chi connectivity index (χ4v) is 1.28. The molecule has 1 rings (SSSR count). The summed E-state index contributed by atoms with van der Waals surface area (Å²) >= 11 is 5.39.